The molecule has 0 bridgehead atoms. The molecule has 1 aliphatic carbocycles. The quantitative estimate of drug-likeness (QED) is 0.661. The van der Waals surface area contributed by atoms with Gasteiger partial charge in [0.1, 0.15) is 12.4 Å². The van der Waals surface area contributed by atoms with Crippen molar-refractivity contribution >= 4 is 21.6 Å². The first-order valence-corrected chi connectivity index (χ1v) is 11.2. The van der Waals surface area contributed by atoms with Gasteiger partial charge in [-0.3, -0.25) is 9.10 Å². The summed E-state index contributed by atoms with van der Waals surface area (Å²) in [6, 6.07) is 13.1. The molecular formula is C22H25FN2O3S. The average Bonchev–Trinajstić information content (AvgIpc) is 2.73. The molecule has 0 spiro atoms. The second kappa shape index (κ2) is 9.69. The van der Waals surface area contributed by atoms with E-state index in [1.807, 2.05) is 0 Å². The maximum absolute atomic E-state index is 13.7. The van der Waals surface area contributed by atoms with Crippen molar-refractivity contribution in [3.05, 3.63) is 72.1 Å². The van der Waals surface area contributed by atoms with Crippen LogP contribution in [0.2, 0.25) is 0 Å². The molecule has 0 aromatic heterocycles. The van der Waals surface area contributed by atoms with Gasteiger partial charge in [-0.05, 0) is 62.4 Å². The summed E-state index contributed by atoms with van der Waals surface area (Å²) in [6.07, 6.45) is 7.48. The molecule has 2 aromatic rings. The number of nitrogens with zero attached hydrogens (tertiary/aromatic N) is 1. The van der Waals surface area contributed by atoms with Crippen LogP contribution in [-0.4, -0.2) is 27.4 Å². The number of hydrogen-bond donors (Lipinski definition) is 1. The molecule has 1 aliphatic rings. The van der Waals surface area contributed by atoms with Crippen molar-refractivity contribution in [2.24, 2.45) is 0 Å². The van der Waals surface area contributed by atoms with Crippen LogP contribution in [0.5, 0.6) is 0 Å². The number of sulfonamides is 1. The van der Waals surface area contributed by atoms with E-state index < -0.39 is 28.3 Å². The molecule has 0 aliphatic heterocycles. The zero-order chi connectivity index (χ0) is 20.7. The lowest BCUT2D eigenvalue weighted by Gasteiger charge is -2.24. The molecule has 0 saturated carbocycles. The van der Waals surface area contributed by atoms with E-state index in [0.717, 1.165) is 29.6 Å². The minimum absolute atomic E-state index is 0.0458. The highest BCUT2D eigenvalue weighted by atomic mass is 32.2. The molecule has 2 aromatic carbocycles. The predicted octanol–water partition coefficient (Wildman–Crippen LogP) is 4.03. The summed E-state index contributed by atoms with van der Waals surface area (Å²) in [5.74, 6) is -0.995. The molecule has 3 rings (SSSR count). The number of nitrogens with one attached hydrogen (secondary N) is 1. The van der Waals surface area contributed by atoms with Crippen LogP contribution in [0.1, 0.15) is 32.1 Å². The van der Waals surface area contributed by atoms with Crippen molar-refractivity contribution in [2.45, 2.75) is 37.0 Å². The standard InChI is InChI=1S/C22H25FN2O3S/c23-19-10-7-11-20(16-19)25(29(27,28)21-12-5-2-6-13-21)17-22(26)24-15-14-18-8-3-1-4-9-18/h2,5-8,10-13,16H,1,3-4,9,14-15,17H2,(H,24,26). The van der Waals surface area contributed by atoms with E-state index in [4.69, 9.17) is 0 Å². The van der Waals surface area contributed by atoms with Gasteiger partial charge in [-0.2, -0.15) is 0 Å². The van der Waals surface area contributed by atoms with Crippen LogP contribution in [0, 0.1) is 5.82 Å². The van der Waals surface area contributed by atoms with Crippen LogP contribution in [0.15, 0.2) is 71.1 Å². The third kappa shape index (κ3) is 5.67. The highest BCUT2D eigenvalue weighted by molar-refractivity contribution is 7.92. The molecule has 0 heterocycles. The highest BCUT2D eigenvalue weighted by Gasteiger charge is 2.27. The normalized spacial score (nSPS) is 14.2. The lowest BCUT2D eigenvalue weighted by Crippen LogP contribution is -2.41. The molecule has 1 amide bonds. The van der Waals surface area contributed by atoms with Gasteiger partial charge in [0.15, 0.2) is 0 Å². The first-order valence-electron chi connectivity index (χ1n) is 9.75. The fraction of sp³-hybridized carbons (Fsp3) is 0.318. The Hall–Kier alpha value is -2.67. The fourth-order valence-electron chi connectivity index (χ4n) is 3.35. The number of carbonyl (C=O) groups is 1. The van der Waals surface area contributed by atoms with Gasteiger partial charge < -0.3 is 5.32 Å². The van der Waals surface area contributed by atoms with Crippen molar-refractivity contribution < 1.29 is 17.6 Å². The third-order valence-electron chi connectivity index (χ3n) is 4.87. The number of allylic oxidation sites excluding steroid dienone is 1. The van der Waals surface area contributed by atoms with Crippen LogP contribution >= 0.6 is 0 Å². The largest absolute Gasteiger partial charge is 0.354 e. The average molecular weight is 417 g/mol. The second-order valence-corrected chi connectivity index (χ2v) is 8.88. The summed E-state index contributed by atoms with van der Waals surface area (Å²) in [5, 5.41) is 2.79. The molecule has 0 unspecified atom stereocenters. The third-order valence-corrected chi connectivity index (χ3v) is 6.66. The summed E-state index contributed by atoms with van der Waals surface area (Å²) in [7, 11) is -4.02. The zero-order valence-electron chi connectivity index (χ0n) is 16.2. The first-order chi connectivity index (χ1) is 14.0. The van der Waals surface area contributed by atoms with Crippen molar-refractivity contribution in [1.29, 1.82) is 0 Å². The van der Waals surface area contributed by atoms with Crippen molar-refractivity contribution in [3.63, 3.8) is 0 Å². The molecule has 5 nitrogen and oxygen atoms in total. The Morgan fingerprint density at radius 1 is 1.07 bits per heavy atom. The molecular weight excluding hydrogens is 391 g/mol. The second-order valence-electron chi connectivity index (χ2n) is 7.01. The minimum Gasteiger partial charge on any atom is -0.354 e. The number of hydrogen-bond acceptors (Lipinski definition) is 3. The summed E-state index contributed by atoms with van der Waals surface area (Å²) in [6.45, 7) is 0.0345. The number of carbonyl (C=O) groups excluding carboxylic acids is 1. The van der Waals surface area contributed by atoms with E-state index in [2.05, 4.69) is 11.4 Å². The van der Waals surface area contributed by atoms with E-state index in [9.17, 15) is 17.6 Å². The molecule has 0 atom stereocenters. The molecule has 0 saturated heterocycles. The van der Waals surface area contributed by atoms with Gasteiger partial charge >= 0.3 is 0 Å². The van der Waals surface area contributed by atoms with Gasteiger partial charge in [-0.15, -0.1) is 0 Å². The van der Waals surface area contributed by atoms with Crippen molar-refractivity contribution in [3.8, 4) is 0 Å². The van der Waals surface area contributed by atoms with Crippen LogP contribution in [0.4, 0.5) is 10.1 Å². The van der Waals surface area contributed by atoms with E-state index >= 15 is 0 Å². The monoisotopic (exact) mass is 416 g/mol. The Labute approximate surface area is 171 Å². The number of rotatable bonds is 8. The Morgan fingerprint density at radius 2 is 1.86 bits per heavy atom. The lowest BCUT2D eigenvalue weighted by molar-refractivity contribution is -0.119. The Bertz CT molecular complexity index is 975. The summed E-state index contributed by atoms with van der Waals surface area (Å²) < 4.78 is 40.9. The van der Waals surface area contributed by atoms with E-state index in [0.29, 0.717) is 6.54 Å². The predicted molar refractivity (Wildman–Crippen MR) is 112 cm³/mol. The molecule has 0 fully saturated rings. The van der Waals surface area contributed by atoms with Gasteiger partial charge in [0.2, 0.25) is 5.91 Å². The number of amides is 1. The van der Waals surface area contributed by atoms with Crippen molar-refractivity contribution in [2.75, 3.05) is 17.4 Å². The zero-order valence-corrected chi connectivity index (χ0v) is 17.0. The summed E-state index contributed by atoms with van der Waals surface area (Å²) >= 11 is 0. The molecule has 29 heavy (non-hydrogen) atoms. The maximum Gasteiger partial charge on any atom is 0.264 e. The fourth-order valence-corrected chi connectivity index (χ4v) is 4.78. The Kier molecular flexibility index (Phi) is 7.04. The number of benzene rings is 2. The smallest absolute Gasteiger partial charge is 0.264 e. The van der Waals surface area contributed by atoms with Crippen molar-refractivity contribution in [1.82, 2.24) is 5.32 Å². The van der Waals surface area contributed by atoms with Crippen LogP contribution in [0.3, 0.4) is 0 Å². The van der Waals surface area contributed by atoms with Crippen LogP contribution in [0.25, 0.3) is 0 Å². The van der Waals surface area contributed by atoms with Gasteiger partial charge in [-0.25, -0.2) is 12.8 Å². The van der Waals surface area contributed by atoms with E-state index in [-0.39, 0.29) is 10.6 Å². The molecule has 1 N–H and O–H groups in total. The first kappa shape index (κ1) is 21.0. The van der Waals surface area contributed by atoms with Gasteiger partial charge in [0.05, 0.1) is 10.6 Å². The molecule has 7 heteroatoms. The van der Waals surface area contributed by atoms with Gasteiger partial charge in [0, 0.05) is 6.54 Å². The SMILES string of the molecule is O=C(CN(c1cccc(F)c1)S(=O)(=O)c1ccccc1)NCCC1=CCCCC1. The number of halogens is 1. The van der Waals surface area contributed by atoms with E-state index in [1.54, 1.807) is 18.2 Å². The number of anilines is 1. The topological polar surface area (TPSA) is 66.5 Å². The van der Waals surface area contributed by atoms with E-state index in [1.165, 1.54) is 48.7 Å². The Balaban J connectivity index is 1.75. The maximum atomic E-state index is 13.7. The summed E-state index contributed by atoms with van der Waals surface area (Å²) in [4.78, 5) is 12.5. The van der Waals surface area contributed by atoms with Crippen LogP contribution < -0.4 is 9.62 Å². The van der Waals surface area contributed by atoms with Gasteiger partial charge in [-0.1, -0.05) is 35.9 Å². The highest BCUT2D eigenvalue weighted by Crippen LogP contribution is 2.24. The molecule has 154 valence electrons. The molecule has 0 radical (unpaired) electrons. The lowest BCUT2D eigenvalue weighted by atomic mass is 9.97. The Morgan fingerprint density at radius 3 is 2.55 bits per heavy atom. The summed E-state index contributed by atoms with van der Waals surface area (Å²) in [5.41, 5.74) is 1.44. The van der Waals surface area contributed by atoms with Gasteiger partial charge in [0.25, 0.3) is 10.0 Å². The van der Waals surface area contributed by atoms with Crippen LogP contribution in [-0.2, 0) is 14.8 Å². The minimum atomic E-state index is -4.02.